The Hall–Kier alpha value is -1.51. The van der Waals surface area contributed by atoms with Gasteiger partial charge in [0.15, 0.2) is 5.11 Å². The van der Waals surface area contributed by atoms with Crippen LogP contribution in [-0.2, 0) is 0 Å². The number of hydrazine groups is 1. The van der Waals surface area contributed by atoms with Crippen LogP contribution in [0.15, 0.2) is 22.2 Å². The molecule has 0 aromatic carbocycles. The Balaban J connectivity index is 1.77. The van der Waals surface area contributed by atoms with E-state index in [4.69, 9.17) is 12.2 Å². The Bertz CT molecular complexity index is 609. The third-order valence-corrected chi connectivity index (χ3v) is 4.68. The van der Waals surface area contributed by atoms with E-state index in [0.29, 0.717) is 10.8 Å². The molecule has 2 rings (SSSR count). The van der Waals surface area contributed by atoms with Gasteiger partial charge < -0.3 is 5.32 Å². The predicted octanol–water partition coefficient (Wildman–Crippen LogP) is 3.17. The van der Waals surface area contributed by atoms with Gasteiger partial charge in [-0.1, -0.05) is 19.8 Å². The van der Waals surface area contributed by atoms with Gasteiger partial charge in [0.1, 0.15) is 10.7 Å². The lowest BCUT2D eigenvalue weighted by molar-refractivity contribution is 0.0939. The van der Waals surface area contributed by atoms with E-state index >= 15 is 0 Å². The van der Waals surface area contributed by atoms with Crippen molar-refractivity contribution in [1.29, 1.82) is 0 Å². The number of thiocarbonyl (C=S) groups is 1. The normalized spacial score (nSPS) is 10.2. The third kappa shape index (κ3) is 5.04. The summed E-state index contributed by atoms with van der Waals surface area (Å²) in [5.74, 6) is -0.296. The van der Waals surface area contributed by atoms with Crippen LogP contribution < -0.4 is 16.2 Å². The van der Waals surface area contributed by atoms with Crippen molar-refractivity contribution in [3.05, 3.63) is 27.9 Å². The molecule has 0 aliphatic heterocycles. The Labute approximate surface area is 143 Å². The van der Waals surface area contributed by atoms with E-state index in [1.54, 1.807) is 16.7 Å². The Morgan fingerprint density at radius 3 is 2.91 bits per heavy atom. The van der Waals surface area contributed by atoms with Gasteiger partial charge in [0.25, 0.3) is 5.91 Å². The maximum absolute atomic E-state index is 12.0. The van der Waals surface area contributed by atoms with Gasteiger partial charge >= 0.3 is 0 Å². The molecule has 2 aromatic heterocycles. The quantitative estimate of drug-likeness (QED) is 0.422. The van der Waals surface area contributed by atoms with Gasteiger partial charge in [-0.05, 0) is 30.1 Å². The highest BCUT2D eigenvalue weighted by molar-refractivity contribution is 7.80. The van der Waals surface area contributed by atoms with Crippen LogP contribution in [0.1, 0.15) is 36.7 Å². The fourth-order valence-electron chi connectivity index (χ4n) is 1.70. The number of rotatable bonds is 6. The van der Waals surface area contributed by atoms with Gasteiger partial charge in [-0.2, -0.15) is 11.3 Å². The molecule has 118 valence electrons. The molecule has 2 aromatic rings. The van der Waals surface area contributed by atoms with Crippen molar-refractivity contribution in [2.75, 3.05) is 6.54 Å². The fraction of sp³-hybridized carbons (Fsp3) is 0.357. The number of thiazole rings is 1. The molecule has 1 amide bonds. The van der Waals surface area contributed by atoms with Crippen LogP contribution >= 0.6 is 34.9 Å². The van der Waals surface area contributed by atoms with Gasteiger partial charge in [-0.3, -0.25) is 15.6 Å². The first-order chi connectivity index (χ1) is 10.7. The van der Waals surface area contributed by atoms with Crippen molar-refractivity contribution < 1.29 is 4.79 Å². The predicted molar refractivity (Wildman–Crippen MR) is 96.2 cm³/mol. The van der Waals surface area contributed by atoms with Crippen LogP contribution in [0, 0.1) is 0 Å². The van der Waals surface area contributed by atoms with E-state index < -0.39 is 0 Å². The summed E-state index contributed by atoms with van der Waals surface area (Å²) in [6.07, 6.45) is 3.38. The average Bonchev–Trinajstić information content (AvgIpc) is 3.19. The molecule has 0 saturated heterocycles. The number of hydrogen-bond acceptors (Lipinski definition) is 5. The second-order valence-electron chi connectivity index (χ2n) is 4.59. The minimum atomic E-state index is -0.296. The molecule has 22 heavy (non-hydrogen) atoms. The second-order valence-corrected chi connectivity index (χ2v) is 6.64. The largest absolute Gasteiger partial charge is 0.361 e. The van der Waals surface area contributed by atoms with Crippen LogP contribution in [0.2, 0.25) is 0 Å². The molecule has 8 heteroatoms. The van der Waals surface area contributed by atoms with Crippen molar-refractivity contribution >= 4 is 45.9 Å². The van der Waals surface area contributed by atoms with Crippen molar-refractivity contribution in [3.63, 3.8) is 0 Å². The zero-order chi connectivity index (χ0) is 15.8. The van der Waals surface area contributed by atoms with E-state index in [1.165, 1.54) is 11.3 Å². The van der Waals surface area contributed by atoms with E-state index in [9.17, 15) is 4.79 Å². The molecule has 0 bridgehead atoms. The lowest BCUT2D eigenvalue weighted by Gasteiger charge is -2.10. The maximum atomic E-state index is 12.0. The minimum Gasteiger partial charge on any atom is -0.361 e. The van der Waals surface area contributed by atoms with Crippen LogP contribution in [0.3, 0.4) is 0 Å². The molecule has 5 nitrogen and oxygen atoms in total. The maximum Gasteiger partial charge on any atom is 0.289 e. The zero-order valence-electron chi connectivity index (χ0n) is 12.2. The molecule has 0 spiro atoms. The van der Waals surface area contributed by atoms with E-state index in [1.807, 2.05) is 16.8 Å². The molecule has 0 fully saturated rings. The minimum absolute atomic E-state index is 0.296. The van der Waals surface area contributed by atoms with E-state index in [2.05, 4.69) is 28.1 Å². The summed E-state index contributed by atoms with van der Waals surface area (Å²) in [5, 5.41) is 10.0. The molecular formula is C14H18N4OS3. The first-order valence-electron chi connectivity index (χ1n) is 7.03. The zero-order valence-corrected chi connectivity index (χ0v) is 14.7. The Morgan fingerprint density at radius 1 is 1.32 bits per heavy atom. The van der Waals surface area contributed by atoms with E-state index in [-0.39, 0.29) is 5.91 Å². The van der Waals surface area contributed by atoms with Gasteiger partial charge in [0, 0.05) is 22.9 Å². The standard InChI is InChI=1S/C14H18N4OS3/c1-2-3-4-6-15-14(20)18-17-12(19)11-9-22-13(16-11)10-5-7-21-8-10/h5,7-9H,2-4,6H2,1H3,(H,17,19)(H2,15,18,20). The lowest BCUT2D eigenvalue weighted by Crippen LogP contribution is -2.47. The summed E-state index contributed by atoms with van der Waals surface area (Å²) in [4.78, 5) is 16.3. The fourth-order valence-corrected chi connectivity index (χ4v) is 3.36. The number of carbonyl (C=O) groups is 1. The number of nitrogens with one attached hydrogen (secondary N) is 3. The summed E-state index contributed by atoms with van der Waals surface area (Å²) in [7, 11) is 0. The molecule has 0 aliphatic rings. The summed E-state index contributed by atoms with van der Waals surface area (Å²) in [6.45, 7) is 2.95. The monoisotopic (exact) mass is 354 g/mol. The van der Waals surface area contributed by atoms with Crippen molar-refractivity contribution in [2.45, 2.75) is 26.2 Å². The average molecular weight is 355 g/mol. The van der Waals surface area contributed by atoms with Gasteiger partial charge in [0.2, 0.25) is 0 Å². The summed E-state index contributed by atoms with van der Waals surface area (Å²) < 4.78 is 0. The first kappa shape index (κ1) is 16.9. The molecule has 0 aliphatic carbocycles. The number of unbranched alkanes of at least 4 members (excludes halogenated alkanes) is 2. The second kappa shape index (κ2) is 8.82. The van der Waals surface area contributed by atoms with Crippen LogP contribution in [0.5, 0.6) is 0 Å². The number of amides is 1. The highest BCUT2D eigenvalue weighted by Crippen LogP contribution is 2.25. The topological polar surface area (TPSA) is 66.0 Å². The SMILES string of the molecule is CCCCCNC(=S)NNC(=O)c1csc(-c2ccsc2)n1. The van der Waals surface area contributed by atoms with Crippen molar-refractivity contribution in [2.24, 2.45) is 0 Å². The van der Waals surface area contributed by atoms with Crippen LogP contribution in [0.4, 0.5) is 0 Å². The van der Waals surface area contributed by atoms with Crippen molar-refractivity contribution in [1.82, 2.24) is 21.2 Å². The summed E-state index contributed by atoms with van der Waals surface area (Å²) in [6, 6.07) is 1.98. The highest BCUT2D eigenvalue weighted by Gasteiger charge is 2.12. The number of hydrogen-bond donors (Lipinski definition) is 3. The van der Waals surface area contributed by atoms with Gasteiger partial charge in [-0.25, -0.2) is 4.98 Å². The molecular weight excluding hydrogens is 336 g/mol. The number of carbonyl (C=O) groups excluding carboxylic acids is 1. The molecule has 0 radical (unpaired) electrons. The number of thiophene rings is 1. The molecule has 0 unspecified atom stereocenters. The molecule has 3 N–H and O–H groups in total. The van der Waals surface area contributed by atoms with Crippen LogP contribution in [0.25, 0.3) is 10.6 Å². The third-order valence-electron chi connectivity index (χ3n) is 2.86. The molecule has 0 saturated carbocycles. The van der Waals surface area contributed by atoms with E-state index in [0.717, 1.165) is 36.4 Å². The summed E-state index contributed by atoms with van der Waals surface area (Å²) >= 11 is 8.14. The van der Waals surface area contributed by atoms with Crippen molar-refractivity contribution in [3.8, 4) is 10.6 Å². The van der Waals surface area contributed by atoms with Crippen LogP contribution in [-0.4, -0.2) is 22.5 Å². The Kier molecular flexibility index (Phi) is 6.75. The lowest BCUT2D eigenvalue weighted by atomic mass is 10.2. The highest BCUT2D eigenvalue weighted by atomic mass is 32.1. The summed E-state index contributed by atoms with van der Waals surface area (Å²) in [5.41, 5.74) is 6.66. The first-order valence-corrected chi connectivity index (χ1v) is 9.26. The smallest absolute Gasteiger partial charge is 0.289 e. The number of aromatic nitrogens is 1. The van der Waals surface area contributed by atoms with Gasteiger partial charge in [0.05, 0.1) is 0 Å². The molecule has 2 heterocycles. The van der Waals surface area contributed by atoms with Gasteiger partial charge in [-0.15, -0.1) is 11.3 Å². The number of nitrogens with zero attached hydrogens (tertiary/aromatic N) is 1. The molecule has 0 atom stereocenters. The Morgan fingerprint density at radius 2 is 2.18 bits per heavy atom.